The van der Waals surface area contributed by atoms with Gasteiger partial charge in [-0.3, -0.25) is 9.78 Å². The minimum atomic E-state index is -4.70. The molecule has 0 saturated carbocycles. The lowest BCUT2D eigenvalue weighted by molar-refractivity contribution is -0.167. The quantitative estimate of drug-likeness (QED) is 0.824. The first kappa shape index (κ1) is 19.0. The molecule has 7 nitrogen and oxygen atoms in total. The highest BCUT2D eigenvalue weighted by molar-refractivity contribution is 5.94. The molecule has 1 N–H and O–H groups in total. The number of carbonyl (C=O) groups is 1. The van der Waals surface area contributed by atoms with Gasteiger partial charge >= 0.3 is 6.18 Å². The molecule has 2 aliphatic rings. The van der Waals surface area contributed by atoms with E-state index in [-0.39, 0.29) is 18.9 Å². The van der Waals surface area contributed by atoms with Gasteiger partial charge in [-0.2, -0.15) is 13.2 Å². The van der Waals surface area contributed by atoms with Crippen LogP contribution in [0.3, 0.4) is 0 Å². The SMILES string of the molecule is O=C(NC(c1ccccn1)C(F)(F)F)C1CC(Cc2ccc3c(c2)OCO3)=NO1. The minimum absolute atomic E-state index is 0.0903. The first-order valence-electron chi connectivity index (χ1n) is 8.78. The smallest absolute Gasteiger partial charge is 0.414 e. The fourth-order valence-electron chi connectivity index (χ4n) is 3.06. The van der Waals surface area contributed by atoms with Crippen molar-refractivity contribution >= 4 is 11.6 Å². The van der Waals surface area contributed by atoms with Crippen LogP contribution < -0.4 is 14.8 Å². The summed E-state index contributed by atoms with van der Waals surface area (Å²) in [4.78, 5) is 21.1. The number of hydrogen-bond donors (Lipinski definition) is 1. The molecule has 2 atom stereocenters. The molecule has 29 heavy (non-hydrogen) atoms. The number of nitrogens with one attached hydrogen (secondary N) is 1. The molecule has 1 amide bonds. The molecule has 2 unspecified atom stereocenters. The largest absolute Gasteiger partial charge is 0.454 e. The first-order chi connectivity index (χ1) is 13.9. The molecule has 152 valence electrons. The minimum Gasteiger partial charge on any atom is -0.454 e. The van der Waals surface area contributed by atoms with Crippen molar-refractivity contribution in [3.8, 4) is 11.5 Å². The van der Waals surface area contributed by atoms with Gasteiger partial charge in [-0.25, -0.2) is 0 Å². The van der Waals surface area contributed by atoms with Crippen LogP contribution >= 0.6 is 0 Å². The van der Waals surface area contributed by atoms with Crippen molar-refractivity contribution < 1.29 is 32.3 Å². The second-order valence-electron chi connectivity index (χ2n) is 6.56. The molecule has 0 fully saturated rings. The maximum Gasteiger partial charge on any atom is 0.414 e. The Labute approximate surface area is 163 Å². The Kier molecular flexibility index (Phi) is 4.99. The summed E-state index contributed by atoms with van der Waals surface area (Å²) in [5.74, 6) is 0.352. The van der Waals surface area contributed by atoms with Crippen LogP contribution in [0.25, 0.3) is 0 Å². The van der Waals surface area contributed by atoms with Crippen molar-refractivity contribution in [2.75, 3.05) is 6.79 Å². The number of rotatable bonds is 5. The van der Waals surface area contributed by atoms with Gasteiger partial charge in [-0.15, -0.1) is 0 Å². The molecule has 0 spiro atoms. The summed E-state index contributed by atoms with van der Waals surface area (Å²) in [5, 5.41) is 5.83. The molecule has 2 aliphatic heterocycles. The van der Waals surface area contributed by atoms with E-state index in [9.17, 15) is 18.0 Å². The average molecular weight is 407 g/mol. The molecule has 2 aromatic rings. The lowest BCUT2D eigenvalue weighted by Gasteiger charge is -2.22. The van der Waals surface area contributed by atoms with Gasteiger partial charge in [-0.1, -0.05) is 17.3 Å². The number of fused-ring (bicyclic) bond motifs is 1. The zero-order valence-corrected chi connectivity index (χ0v) is 15.0. The second-order valence-corrected chi connectivity index (χ2v) is 6.56. The van der Waals surface area contributed by atoms with Gasteiger partial charge in [0.1, 0.15) is 0 Å². The summed E-state index contributed by atoms with van der Waals surface area (Å²) >= 11 is 0. The molecular weight excluding hydrogens is 391 g/mol. The number of benzene rings is 1. The highest BCUT2D eigenvalue weighted by Crippen LogP contribution is 2.34. The Balaban J connectivity index is 1.38. The molecule has 0 bridgehead atoms. The number of oxime groups is 1. The van der Waals surface area contributed by atoms with E-state index in [1.54, 1.807) is 12.1 Å². The highest BCUT2D eigenvalue weighted by atomic mass is 19.4. The van der Waals surface area contributed by atoms with Gasteiger partial charge in [0.05, 0.1) is 11.4 Å². The van der Waals surface area contributed by atoms with Crippen molar-refractivity contribution in [2.24, 2.45) is 5.16 Å². The molecular formula is C19H16F3N3O4. The molecule has 1 aromatic carbocycles. The Morgan fingerprint density at radius 2 is 2.03 bits per heavy atom. The number of amides is 1. The van der Waals surface area contributed by atoms with E-state index in [0.717, 1.165) is 5.56 Å². The van der Waals surface area contributed by atoms with Crippen LogP contribution in [0.15, 0.2) is 47.8 Å². The third-order valence-corrected chi connectivity index (χ3v) is 4.47. The Hall–Kier alpha value is -3.30. The van der Waals surface area contributed by atoms with Crippen LogP contribution in [-0.4, -0.2) is 35.7 Å². The third kappa shape index (κ3) is 4.25. The Bertz CT molecular complexity index is 934. The van der Waals surface area contributed by atoms with Gasteiger partial charge in [0.25, 0.3) is 5.91 Å². The normalized spacial score (nSPS) is 18.7. The van der Waals surface area contributed by atoms with E-state index < -0.39 is 24.2 Å². The maximum absolute atomic E-state index is 13.4. The Morgan fingerprint density at radius 1 is 1.21 bits per heavy atom. The maximum atomic E-state index is 13.4. The van der Waals surface area contributed by atoms with E-state index in [2.05, 4.69) is 10.1 Å². The fraction of sp³-hybridized carbons (Fsp3) is 0.316. The van der Waals surface area contributed by atoms with Crippen LogP contribution in [0.4, 0.5) is 13.2 Å². The summed E-state index contributed by atoms with van der Waals surface area (Å²) in [6.45, 7) is 0.154. The number of halogens is 3. The summed E-state index contributed by atoms with van der Waals surface area (Å²) in [6, 6.07) is 7.27. The van der Waals surface area contributed by atoms with Gasteiger partial charge in [-0.05, 0) is 29.8 Å². The summed E-state index contributed by atoms with van der Waals surface area (Å²) < 4.78 is 50.7. The first-order valence-corrected chi connectivity index (χ1v) is 8.78. The number of ether oxygens (including phenoxy) is 2. The predicted octanol–water partition coefficient (Wildman–Crippen LogP) is 2.92. The van der Waals surface area contributed by atoms with Crippen LogP contribution in [0.2, 0.25) is 0 Å². The summed E-state index contributed by atoms with van der Waals surface area (Å²) in [6.07, 6.45) is -4.12. The third-order valence-electron chi connectivity index (χ3n) is 4.47. The molecule has 0 radical (unpaired) electrons. The Morgan fingerprint density at radius 3 is 2.79 bits per heavy atom. The number of hydrogen-bond acceptors (Lipinski definition) is 6. The van der Waals surface area contributed by atoms with E-state index in [4.69, 9.17) is 14.3 Å². The predicted molar refractivity (Wildman–Crippen MR) is 94.4 cm³/mol. The average Bonchev–Trinajstić information content (AvgIpc) is 3.35. The van der Waals surface area contributed by atoms with Crippen molar-refractivity contribution in [2.45, 2.75) is 31.2 Å². The molecule has 3 heterocycles. The zero-order valence-electron chi connectivity index (χ0n) is 15.0. The van der Waals surface area contributed by atoms with Gasteiger partial charge in [0, 0.05) is 19.0 Å². The summed E-state index contributed by atoms with van der Waals surface area (Å²) in [7, 11) is 0. The van der Waals surface area contributed by atoms with Crippen molar-refractivity contribution in [3.63, 3.8) is 0 Å². The van der Waals surface area contributed by atoms with Gasteiger partial charge in [0.2, 0.25) is 12.9 Å². The standard InChI is InChI=1S/C19H16F3N3O4/c20-19(21,22)17(13-3-1-2-6-23-13)24-18(26)16-9-12(25-29-16)7-11-4-5-14-15(8-11)28-10-27-14/h1-6,8,16-17H,7,9-10H2,(H,24,26). The van der Waals surface area contributed by atoms with Crippen molar-refractivity contribution in [1.29, 1.82) is 0 Å². The number of pyridine rings is 1. The van der Waals surface area contributed by atoms with E-state index >= 15 is 0 Å². The second kappa shape index (κ2) is 7.61. The number of nitrogens with zero attached hydrogens (tertiary/aromatic N) is 2. The lowest BCUT2D eigenvalue weighted by atomic mass is 10.0. The van der Waals surface area contributed by atoms with Gasteiger partial charge in [0.15, 0.2) is 17.5 Å². The van der Waals surface area contributed by atoms with Crippen LogP contribution in [-0.2, 0) is 16.1 Å². The van der Waals surface area contributed by atoms with E-state index in [0.29, 0.717) is 23.6 Å². The van der Waals surface area contributed by atoms with Crippen molar-refractivity contribution in [3.05, 3.63) is 53.9 Å². The summed E-state index contributed by atoms with van der Waals surface area (Å²) in [5.41, 5.74) is 1.11. The monoisotopic (exact) mass is 407 g/mol. The number of aromatic nitrogens is 1. The van der Waals surface area contributed by atoms with Crippen molar-refractivity contribution in [1.82, 2.24) is 10.3 Å². The van der Waals surface area contributed by atoms with Gasteiger partial charge < -0.3 is 19.6 Å². The van der Waals surface area contributed by atoms with Crippen LogP contribution in [0.5, 0.6) is 11.5 Å². The van der Waals surface area contributed by atoms with Crippen LogP contribution in [0, 0.1) is 0 Å². The van der Waals surface area contributed by atoms with E-state index in [1.807, 2.05) is 11.4 Å². The molecule has 1 aromatic heterocycles. The number of carbonyl (C=O) groups excluding carboxylic acids is 1. The molecule has 10 heteroatoms. The fourth-order valence-corrected chi connectivity index (χ4v) is 3.06. The highest BCUT2D eigenvalue weighted by Gasteiger charge is 2.44. The number of alkyl halides is 3. The molecule has 4 rings (SSSR count). The van der Waals surface area contributed by atoms with E-state index in [1.165, 1.54) is 24.4 Å². The molecule has 0 aliphatic carbocycles. The lowest BCUT2D eigenvalue weighted by Crippen LogP contribution is -2.43. The zero-order chi connectivity index (χ0) is 20.4. The molecule has 0 saturated heterocycles. The topological polar surface area (TPSA) is 82.0 Å². The van der Waals surface area contributed by atoms with Crippen LogP contribution in [0.1, 0.15) is 23.7 Å².